The number of nitrogens with one attached hydrogen (secondary N) is 2. The SMILES string of the molecule is CCNC(=O)NC(=O)[C@H]([NH2+]C[C@@H]1COc2ccccc2O1)c1ccccc1. The Balaban J connectivity index is 1.65. The number of hydrogen-bond donors (Lipinski definition) is 3. The number of para-hydroxylation sites is 2. The van der Waals surface area contributed by atoms with Crippen LogP contribution in [0.1, 0.15) is 18.5 Å². The van der Waals surface area contributed by atoms with Crippen LogP contribution in [-0.4, -0.2) is 37.7 Å². The van der Waals surface area contributed by atoms with Gasteiger partial charge < -0.3 is 20.1 Å². The monoisotopic (exact) mass is 370 g/mol. The van der Waals surface area contributed by atoms with Crippen molar-refractivity contribution >= 4 is 11.9 Å². The number of rotatable bonds is 6. The maximum atomic E-state index is 12.6. The summed E-state index contributed by atoms with van der Waals surface area (Å²) in [5.74, 6) is 1.05. The summed E-state index contributed by atoms with van der Waals surface area (Å²) in [6.07, 6.45) is -0.191. The van der Waals surface area contributed by atoms with Crippen LogP contribution in [0.2, 0.25) is 0 Å². The van der Waals surface area contributed by atoms with Crippen LogP contribution in [0.15, 0.2) is 54.6 Å². The summed E-state index contributed by atoms with van der Waals surface area (Å²) in [4.78, 5) is 24.4. The summed E-state index contributed by atoms with van der Waals surface area (Å²) in [6.45, 7) is 3.16. The number of amides is 3. The Morgan fingerprint density at radius 3 is 2.56 bits per heavy atom. The molecule has 27 heavy (non-hydrogen) atoms. The molecule has 0 unspecified atom stereocenters. The van der Waals surface area contributed by atoms with Crippen LogP contribution < -0.4 is 25.4 Å². The molecule has 1 aliphatic heterocycles. The standard InChI is InChI=1S/C20H23N3O4/c1-2-21-20(25)23-19(24)18(14-8-4-3-5-9-14)22-12-15-13-26-16-10-6-7-11-17(16)27-15/h3-11,15,18,22H,2,12-13H2,1H3,(H2,21,23,24,25)/p+1/t15-,18-/m1/s1. The molecule has 3 rings (SSSR count). The number of fused-ring (bicyclic) bond motifs is 1. The second-order valence-electron chi connectivity index (χ2n) is 6.21. The molecule has 3 amide bonds. The Labute approximate surface area is 158 Å². The summed E-state index contributed by atoms with van der Waals surface area (Å²) in [7, 11) is 0. The molecular weight excluding hydrogens is 346 g/mol. The zero-order chi connectivity index (χ0) is 19.1. The average Bonchev–Trinajstić information content (AvgIpc) is 2.69. The molecule has 0 radical (unpaired) electrons. The minimum Gasteiger partial charge on any atom is -0.486 e. The summed E-state index contributed by atoms with van der Waals surface area (Å²) in [6, 6.07) is 15.8. The fraction of sp³-hybridized carbons (Fsp3) is 0.300. The highest BCUT2D eigenvalue weighted by Gasteiger charge is 2.29. The van der Waals surface area contributed by atoms with Gasteiger partial charge in [0.25, 0.3) is 5.91 Å². The predicted octanol–water partition coefficient (Wildman–Crippen LogP) is 0.977. The van der Waals surface area contributed by atoms with E-state index in [0.717, 1.165) is 11.3 Å². The lowest BCUT2D eigenvalue weighted by Crippen LogP contribution is -2.90. The highest BCUT2D eigenvalue weighted by molar-refractivity contribution is 5.96. The van der Waals surface area contributed by atoms with Crippen molar-refractivity contribution < 1.29 is 24.4 Å². The summed E-state index contributed by atoms with van der Waals surface area (Å²) in [5, 5.41) is 6.83. The first-order valence-corrected chi connectivity index (χ1v) is 9.02. The topological polar surface area (TPSA) is 93.3 Å². The number of carbonyl (C=O) groups is 2. The zero-order valence-corrected chi connectivity index (χ0v) is 15.2. The summed E-state index contributed by atoms with van der Waals surface area (Å²) in [5.41, 5.74) is 0.816. The van der Waals surface area contributed by atoms with Gasteiger partial charge in [0.2, 0.25) is 0 Å². The Morgan fingerprint density at radius 2 is 1.81 bits per heavy atom. The van der Waals surface area contributed by atoms with Gasteiger partial charge in [-0.15, -0.1) is 0 Å². The number of benzene rings is 2. The molecular formula is C20H24N3O4+. The Morgan fingerprint density at radius 1 is 1.11 bits per heavy atom. The zero-order valence-electron chi connectivity index (χ0n) is 15.2. The molecule has 4 N–H and O–H groups in total. The lowest BCUT2D eigenvalue weighted by Gasteiger charge is -2.26. The normalized spacial score (nSPS) is 16.3. The van der Waals surface area contributed by atoms with E-state index in [1.54, 1.807) is 6.92 Å². The number of quaternary nitrogens is 1. The van der Waals surface area contributed by atoms with Crippen molar-refractivity contribution in [2.75, 3.05) is 19.7 Å². The van der Waals surface area contributed by atoms with Gasteiger partial charge in [-0.1, -0.05) is 42.5 Å². The van der Waals surface area contributed by atoms with E-state index in [1.807, 2.05) is 59.9 Å². The van der Waals surface area contributed by atoms with E-state index in [9.17, 15) is 9.59 Å². The van der Waals surface area contributed by atoms with Gasteiger partial charge in [-0.25, -0.2) is 4.79 Å². The van der Waals surface area contributed by atoms with Crippen LogP contribution >= 0.6 is 0 Å². The van der Waals surface area contributed by atoms with Crippen molar-refractivity contribution in [1.82, 2.24) is 10.6 Å². The molecule has 2 atom stereocenters. The van der Waals surface area contributed by atoms with Crippen LogP contribution in [0.25, 0.3) is 0 Å². The van der Waals surface area contributed by atoms with Gasteiger partial charge in [-0.2, -0.15) is 0 Å². The van der Waals surface area contributed by atoms with Gasteiger partial charge in [-0.05, 0) is 19.1 Å². The molecule has 0 aromatic heterocycles. The van der Waals surface area contributed by atoms with E-state index in [4.69, 9.17) is 9.47 Å². The lowest BCUT2D eigenvalue weighted by molar-refractivity contribution is -0.688. The number of urea groups is 1. The van der Waals surface area contributed by atoms with E-state index in [-0.39, 0.29) is 12.0 Å². The van der Waals surface area contributed by atoms with E-state index >= 15 is 0 Å². The Hall–Kier alpha value is -3.06. The molecule has 142 valence electrons. The molecule has 0 fully saturated rings. The second-order valence-corrected chi connectivity index (χ2v) is 6.21. The van der Waals surface area contributed by atoms with E-state index < -0.39 is 12.1 Å². The third-order valence-corrected chi connectivity index (χ3v) is 4.22. The van der Waals surface area contributed by atoms with Crippen LogP contribution in [0.5, 0.6) is 11.5 Å². The minimum atomic E-state index is -0.561. The number of ether oxygens (including phenoxy) is 2. The van der Waals surface area contributed by atoms with Crippen molar-refractivity contribution in [3.05, 3.63) is 60.2 Å². The van der Waals surface area contributed by atoms with Gasteiger partial charge in [-0.3, -0.25) is 10.1 Å². The van der Waals surface area contributed by atoms with Gasteiger partial charge in [0.15, 0.2) is 23.6 Å². The maximum Gasteiger partial charge on any atom is 0.321 e. The first-order valence-electron chi connectivity index (χ1n) is 9.02. The molecule has 0 aliphatic carbocycles. The Kier molecular flexibility index (Phi) is 6.27. The lowest BCUT2D eigenvalue weighted by atomic mass is 10.1. The van der Waals surface area contributed by atoms with Crippen LogP contribution in [-0.2, 0) is 4.79 Å². The third-order valence-electron chi connectivity index (χ3n) is 4.22. The van der Waals surface area contributed by atoms with Crippen molar-refractivity contribution in [2.24, 2.45) is 0 Å². The van der Waals surface area contributed by atoms with Gasteiger partial charge in [0.05, 0.1) is 0 Å². The smallest absolute Gasteiger partial charge is 0.321 e. The molecule has 2 aromatic rings. The van der Waals surface area contributed by atoms with Crippen molar-refractivity contribution in [3.63, 3.8) is 0 Å². The molecule has 2 aromatic carbocycles. The molecule has 0 saturated heterocycles. The molecule has 0 saturated carbocycles. The van der Waals surface area contributed by atoms with E-state index in [0.29, 0.717) is 25.4 Å². The predicted molar refractivity (Wildman–Crippen MR) is 99.5 cm³/mol. The number of nitrogens with two attached hydrogens (primary N) is 1. The largest absolute Gasteiger partial charge is 0.486 e. The number of carbonyl (C=O) groups excluding carboxylic acids is 2. The van der Waals surface area contributed by atoms with Crippen LogP contribution in [0.4, 0.5) is 4.79 Å². The van der Waals surface area contributed by atoms with Crippen molar-refractivity contribution in [3.8, 4) is 11.5 Å². The van der Waals surface area contributed by atoms with Crippen LogP contribution in [0.3, 0.4) is 0 Å². The molecule has 1 aliphatic rings. The molecule has 0 spiro atoms. The first-order chi connectivity index (χ1) is 13.2. The van der Waals surface area contributed by atoms with Gasteiger partial charge in [0, 0.05) is 12.1 Å². The first kappa shape index (κ1) is 18.7. The van der Waals surface area contributed by atoms with E-state index in [1.165, 1.54) is 0 Å². The van der Waals surface area contributed by atoms with Gasteiger partial charge in [0.1, 0.15) is 13.2 Å². The summed E-state index contributed by atoms with van der Waals surface area (Å²) < 4.78 is 11.7. The number of hydrogen-bond acceptors (Lipinski definition) is 4. The Bertz CT molecular complexity index is 782. The average molecular weight is 370 g/mol. The molecule has 0 bridgehead atoms. The summed E-state index contributed by atoms with van der Waals surface area (Å²) >= 11 is 0. The molecule has 1 heterocycles. The van der Waals surface area contributed by atoms with Crippen LogP contribution in [0, 0.1) is 0 Å². The third kappa shape index (κ3) is 4.98. The fourth-order valence-corrected chi connectivity index (χ4v) is 2.92. The fourth-order valence-electron chi connectivity index (χ4n) is 2.92. The van der Waals surface area contributed by atoms with Crippen molar-refractivity contribution in [2.45, 2.75) is 19.1 Å². The highest BCUT2D eigenvalue weighted by atomic mass is 16.6. The van der Waals surface area contributed by atoms with Gasteiger partial charge >= 0.3 is 6.03 Å². The second kappa shape index (κ2) is 9.05. The minimum absolute atomic E-state index is 0.191. The maximum absolute atomic E-state index is 12.6. The molecule has 7 heteroatoms. The van der Waals surface area contributed by atoms with E-state index in [2.05, 4.69) is 10.6 Å². The quantitative estimate of drug-likeness (QED) is 0.707. The highest BCUT2D eigenvalue weighted by Crippen LogP contribution is 2.30. The van der Waals surface area contributed by atoms with Crippen molar-refractivity contribution in [1.29, 1.82) is 0 Å². The number of imide groups is 1. The molecule has 7 nitrogen and oxygen atoms in total.